The van der Waals surface area contributed by atoms with Crippen molar-refractivity contribution in [2.75, 3.05) is 18.1 Å². The number of sulfonamides is 1. The highest BCUT2D eigenvalue weighted by atomic mass is 32.2. The van der Waals surface area contributed by atoms with E-state index in [0.717, 1.165) is 29.2 Å². The zero-order chi connectivity index (χ0) is 13.0. The third kappa shape index (κ3) is 3.71. The Morgan fingerprint density at radius 2 is 2.11 bits per heavy atom. The molecule has 0 spiro atoms. The van der Waals surface area contributed by atoms with Crippen LogP contribution in [0, 0.1) is 5.92 Å². The fourth-order valence-electron chi connectivity index (χ4n) is 1.87. The van der Waals surface area contributed by atoms with Crippen LogP contribution in [0.2, 0.25) is 0 Å². The highest BCUT2D eigenvalue weighted by molar-refractivity contribution is 7.99. The Hall–Kier alpha value is -0.0800. The van der Waals surface area contributed by atoms with Crippen LogP contribution in [0.5, 0.6) is 0 Å². The summed E-state index contributed by atoms with van der Waals surface area (Å²) < 4.78 is 26.8. The summed E-state index contributed by atoms with van der Waals surface area (Å²) in [5, 5.41) is 1.65. The molecule has 0 amide bonds. The van der Waals surface area contributed by atoms with Crippen molar-refractivity contribution in [3.63, 3.8) is 0 Å². The number of thioether (sulfide) groups is 1. The lowest BCUT2D eigenvalue weighted by atomic mass is 10.0. The maximum Gasteiger partial charge on any atom is 0.241 e. The molecule has 1 aromatic heterocycles. The number of hydrogen-bond acceptors (Lipinski definition) is 5. The summed E-state index contributed by atoms with van der Waals surface area (Å²) in [6.45, 7) is 0.941. The van der Waals surface area contributed by atoms with E-state index < -0.39 is 10.0 Å². The van der Waals surface area contributed by atoms with E-state index in [1.54, 1.807) is 11.4 Å². The molecule has 2 heterocycles. The third-order valence-electron chi connectivity index (χ3n) is 3.04. The van der Waals surface area contributed by atoms with Crippen molar-refractivity contribution in [3.8, 4) is 0 Å². The van der Waals surface area contributed by atoms with Gasteiger partial charge in [0.2, 0.25) is 10.0 Å². The number of rotatable bonds is 5. The van der Waals surface area contributed by atoms with Gasteiger partial charge in [-0.3, -0.25) is 0 Å². The van der Waals surface area contributed by atoms with Gasteiger partial charge in [-0.25, -0.2) is 13.1 Å². The number of nitrogens with one attached hydrogen (secondary N) is 1. The Bertz CT molecular complexity index is 478. The molecule has 0 aromatic carbocycles. The second-order valence-electron chi connectivity index (χ2n) is 4.36. The van der Waals surface area contributed by atoms with Crippen LogP contribution >= 0.6 is 23.1 Å². The van der Waals surface area contributed by atoms with Gasteiger partial charge in [0.25, 0.3) is 0 Å². The molecule has 0 radical (unpaired) electrons. The average molecular weight is 306 g/mol. The normalized spacial score (nSPS) is 18.1. The summed E-state index contributed by atoms with van der Waals surface area (Å²) in [6, 6.07) is 1.66. The maximum absolute atomic E-state index is 12.1. The van der Waals surface area contributed by atoms with E-state index in [-0.39, 0.29) is 0 Å². The second-order valence-corrected chi connectivity index (χ2v) is 8.35. The highest BCUT2D eigenvalue weighted by Crippen LogP contribution is 2.23. The van der Waals surface area contributed by atoms with Gasteiger partial charge in [0, 0.05) is 23.3 Å². The van der Waals surface area contributed by atoms with E-state index in [9.17, 15) is 8.42 Å². The summed E-state index contributed by atoms with van der Waals surface area (Å²) in [7, 11) is -3.35. The minimum atomic E-state index is -3.35. The van der Waals surface area contributed by atoms with Gasteiger partial charge in [-0.15, -0.1) is 11.3 Å². The zero-order valence-electron chi connectivity index (χ0n) is 10.1. The van der Waals surface area contributed by atoms with Gasteiger partial charge in [-0.2, -0.15) is 11.8 Å². The molecule has 1 aliphatic rings. The van der Waals surface area contributed by atoms with E-state index in [1.807, 2.05) is 11.8 Å². The molecular weight excluding hydrogens is 288 g/mol. The quantitative estimate of drug-likeness (QED) is 0.867. The van der Waals surface area contributed by atoms with Crippen LogP contribution in [0.15, 0.2) is 16.3 Å². The first-order valence-electron chi connectivity index (χ1n) is 5.96. The molecule has 1 aromatic rings. The molecule has 0 aliphatic carbocycles. The highest BCUT2D eigenvalue weighted by Gasteiger charge is 2.19. The molecule has 7 heteroatoms. The Morgan fingerprint density at radius 1 is 1.39 bits per heavy atom. The van der Waals surface area contributed by atoms with Crippen LogP contribution in [0.1, 0.15) is 17.7 Å². The lowest BCUT2D eigenvalue weighted by molar-refractivity contribution is 0.477. The van der Waals surface area contributed by atoms with Gasteiger partial charge in [0.15, 0.2) is 0 Å². The Balaban J connectivity index is 1.94. The predicted molar refractivity (Wildman–Crippen MR) is 77.4 cm³/mol. The fourth-order valence-corrected chi connectivity index (χ4v) is 5.35. The SMILES string of the molecule is NCc1cc(S(=O)(=O)NCC2CCSCC2)cs1. The maximum atomic E-state index is 12.1. The molecule has 4 nitrogen and oxygen atoms in total. The van der Waals surface area contributed by atoms with E-state index in [1.165, 1.54) is 11.3 Å². The minimum Gasteiger partial charge on any atom is -0.326 e. The first-order chi connectivity index (χ1) is 8.62. The molecule has 0 atom stereocenters. The van der Waals surface area contributed by atoms with Gasteiger partial charge in [0.1, 0.15) is 0 Å². The Labute approximate surface area is 116 Å². The van der Waals surface area contributed by atoms with Crippen molar-refractivity contribution in [2.45, 2.75) is 24.3 Å². The predicted octanol–water partition coefficient (Wildman–Crippen LogP) is 1.63. The van der Waals surface area contributed by atoms with Crippen LogP contribution in [-0.4, -0.2) is 26.5 Å². The van der Waals surface area contributed by atoms with Crippen LogP contribution in [0.3, 0.4) is 0 Å². The van der Waals surface area contributed by atoms with Gasteiger partial charge >= 0.3 is 0 Å². The fraction of sp³-hybridized carbons (Fsp3) is 0.636. The summed E-state index contributed by atoms with van der Waals surface area (Å²) in [5.41, 5.74) is 5.49. The number of thiophene rings is 1. The van der Waals surface area contributed by atoms with E-state index in [4.69, 9.17) is 5.73 Å². The van der Waals surface area contributed by atoms with E-state index in [2.05, 4.69) is 4.72 Å². The third-order valence-corrected chi connectivity index (χ3v) is 6.60. The van der Waals surface area contributed by atoms with Crippen molar-refractivity contribution in [1.82, 2.24) is 4.72 Å². The van der Waals surface area contributed by atoms with Gasteiger partial charge in [-0.05, 0) is 36.3 Å². The van der Waals surface area contributed by atoms with Crippen LogP contribution in [-0.2, 0) is 16.6 Å². The number of hydrogen-bond donors (Lipinski definition) is 2. The first kappa shape index (κ1) is 14.3. The average Bonchev–Trinajstić information content (AvgIpc) is 2.87. The Morgan fingerprint density at radius 3 is 2.72 bits per heavy atom. The summed E-state index contributed by atoms with van der Waals surface area (Å²) in [6.07, 6.45) is 2.20. The first-order valence-corrected chi connectivity index (χ1v) is 9.48. The number of nitrogens with two attached hydrogens (primary N) is 1. The van der Waals surface area contributed by atoms with Crippen molar-refractivity contribution in [3.05, 3.63) is 16.3 Å². The van der Waals surface area contributed by atoms with Gasteiger partial charge in [-0.1, -0.05) is 0 Å². The van der Waals surface area contributed by atoms with Gasteiger partial charge in [0.05, 0.1) is 4.90 Å². The molecule has 2 rings (SSSR count). The molecule has 102 valence electrons. The molecule has 0 bridgehead atoms. The van der Waals surface area contributed by atoms with E-state index >= 15 is 0 Å². The molecule has 1 fully saturated rings. The molecule has 1 saturated heterocycles. The largest absolute Gasteiger partial charge is 0.326 e. The van der Waals surface area contributed by atoms with Crippen LogP contribution in [0.25, 0.3) is 0 Å². The lowest BCUT2D eigenvalue weighted by Gasteiger charge is -2.21. The molecule has 3 N–H and O–H groups in total. The summed E-state index contributed by atoms with van der Waals surface area (Å²) >= 11 is 3.34. The smallest absolute Gasteiger partial charge is 0.241 e. The van der Waals surface area contributed by atoms with E-state index in [0.29, 0.717) is 23.9 Å². The second kappa shape index (κ2) is 6.38. The Kier molecular flexibility index (Phi) is 5.08. The molecule has 18 heavy (non-hydrogen) atoms. The van der Waals surface area contributed by atoms with Crippen molar-refractivity contribution in [1.29, 1.82) is 0 Å². The zero-order valence-corrected chi connectivity index (χ0v) is 12.5. The van der Waals surface area contributed by atoms with Gasteiger partial charge < -0.3 is 5.73 Å². The van der Waals surface area contributed by atoms with Crippen LogP contribution in [0.4, 0.5) is 0 Å². The standard InChI is InChI=1S/C11H18N2O2S3/c12-6-10-5-11(8-17-10)18(14,15)13-7-9-1-3-16-4-2-9/h5,8-9,13H,1-4,6-7,12H2. The van der Waals surface area contributed by atoms with Crippen molar-refractivity contribution >= 4 is 33.1 Å². The minimum absolute atomic E-state index is 0.345. The summed E-state index contributed by atoms with van der Waals surface area (Å²) in [5.74, 6) is 2.76. The topological polar surface area (TPSA) is 72.2 Å². The molecule has 0 saturated carbocycles. The molecule has 1 aliphatic heterocycles. The summed E-state index contributed by atoms with van der Waals surface area (Å²) in [4.78, 5) is 1.24. The lowest BCUT2D eigenvalue weighted by Crippen LogP contribution is -2.30. The van der Waals surface area contributed by atoms with Crippen molar-refractivity contribution in [2.24, 2.45) is 11.7 Å². The monoisotopic (exact) mass is 306 g/mol. The molecular formula is C11H18N2O2S3. The van der Waals surface area contributed by atoms with Crippen LogP contribution < -0.4 is 10.5 Å². The molecule has 0 unspecified atom stereocenters. The van der Waals surface area contributed by atoms with Crippen molar-refractivity contribution < 1.29 is 8.42 Å².